The molecule has 2 heterocycles. The van der Waals surface area contributed by atoms with Crippen molar-refractivity contribution in [1.29, 1.82) is 0 Å². The molecule has 0 N–H and O–H groups in total. The monoisotopic (exact) mass is 281 g/mol. The van der Waals surface area contributed by atoms with E-state index in [4.69, 9.17) is 4.74 Å². The lowest BCUT2D eigenvalue weighted by atomic mass is 9.89. The Bertz CT molecular complexity index is 432. The second kappa shape index (κ2) is 5.04. The quantitative estimate of drug-likeness (QED) is 0.439. The Morgan fingerprint density at radius 2 is 2.16 bits per heavy atom. The molecule has 2 fully saturated rings. The number of carbonyl (C=O) groups excluding carboxylic acids is 2. The molecule has 2 aliphatic rings. The van der Waals surface area contributed by atoms with Gasteiger partial charge in [-0.25, -0.2) is 4.79 Å². The smallest absolute Gasteiger partial charge is 0.330 e. The molecule has 4 nitrogen and oxygen atoms in total. The van der Waals surface area contributed by atoms with Gasteiger partial charge in [-0.15, -0.1) is 18.3 Å². The summed E-state index contributed by atoms with van der Waals surface area (Å²) in [5.41, 5.74) is 0. The molecule has 19 heavy (non-hydrogen) atoms. The predicted octanol–water partition coefficient (Wildman–Crippen LogP) is 1.97. The number of β-lactam (4-membered cyclic amide) rings is 1. The minimum Gasteiger partial charge on any atom is -0.460 e. The second-order valence-corrected chi connectivity index (χ2v) is 7.08. The Kier molecular flexibility index (Phi) is 3.76. The van der Waals surface area contributed by atoms with E-state index in [-0.39, 0.29) is 34.5 Å². The van der Waals surface area contributed by atoms with Crippen molar-refractivity contribution in [3.8, 4) is 0 Å². The van der Waals surface area contributed by atoms with Crippen molar-refractivity contribution in [3.05, 3.63) is 25.3 Å². The SMILES string of the molecule is C=CCOC(=O)[C@@H]1N2C(=O)[C@@H](CC=C)[C@H]2SC1(C)C. The lowest BCUT2D eigenvalue weighted by Gasteiger charge is -2.43. The number of ether oxygens (including phenoxy) is 1. The van der Waals surface area contributed by atoms with Crippen LogP contribution in [0.3, 0.4) is 0 Å². The van der Waals surface area contributed by atoms with Gasteiger partial charge in [0.05, 0.1) is 11.3 Å². The van der Waals surface area contributed by atoms with Crippen molar-refractivity contribution in [3.63, 3.8) is 0 Å². The zero-order chi connectivity index (χ0) is 14.2. The van der Waals surface area contributed by atoms with Crippen LogP contribution < -0.4 is 0 Å². The number of nitrogens with zero attached hydrogens (tertiary/aromatic N) is 1. The maximum Gasteiger partial charge on any atom is 0.330 e. The molecule has 0 spiro atoms. The molecule has 0 saturated carbocycles. The van der Waals surface area contributed by atoms with Crippen LogP contribution in [0.2, 0.25) is 0 Å². The van der Waals surface area contributed by atoms with E-state index in [1.807, 2.05) is 13.8 Å². The average Bonchev–Trinajstić information content (AvgIpc) is 2.61. The molecule has 1 amide bonds. The summed E-state index contributed by atoms with van der Waals surface area (Å²) >= 11 is 1.67. The second-order valence-electron chi connectivity index (χ2n) is 5.31. The molecule has 0 aromatic rings. The third kappa shape index (κ3) is 2.20. The number of allylic oxidation sites excluding steroid dienone is 1. The maximum atomic E-state index is 12.1. The molecule has 3 atom stereocenters. The van der Waals surface area contributed by atoms with Gasteiger partial charge in [0.2, 0.25) is 5.91 Å². The molecular formula is C14H19NO3S. The van der Waals surface area contributed by atoms with Crippen LogP contribution in [0, 0.1) is 5.92 Å². The highest BCUT2D eigenvalue weighted by Gasteiger charge is 2.63. The third-order valence-corrected chi connectivity index (χ3v) is 5.17. The van der Waals surface area contributed by atoms with E-state index in [0.29, 0.717) is 6.42 Å². The van der Waals surface area contributed by atoms with Gasteiger partial charge in [-0.3, -0.25) is 4.79 Å². The van der Waals surface area contributed by atoms with Crippen LogP contribution in [-0.4, -0.2) is 39.5 Å². The van der Waals surface area contributed by atoms with Gasteiger partial charge in [0.1, 0.15) is 12.6 Å². The Morgan fingerprint density at radius 3 is 2.74 bits per heavy atom. The van der Waals surface area contributed by atoms with Crippen molar-refractivity contribution < 1.29 is 14.3 Å². The molecule has 0 aromatic carbocycles. The summed E-state index contributed by atoms with van der Waals surface area (Å²) in [4.78, 5) is 25.9. The number of fused-ring (bicyclic) bond motifs is 1. The van der Waals surface area contributed by atoms with E-state index in [0.717, 1.165) is 0 Å². The Labute approximate surface area is 117 Å². The average molecular weight is 281 g/mol. The van der Waals surface area contributed by atoms with Crippen LogP contribution >= 0.6 is 11.8 Å². The van der Waals surface area contributed by atoms with Crippen molar-refractivity contribution in [2.45, 2.75) is 36.4 Å². The number of amides is 1. The predicted molar refractivity (Wildman–Crippen MR) is 75.6 cm³/mol. The number of hydrogen-bond donors (Lipinski definition) is 0. The summed E-state index contributed by atoms with van der Waals surface area (Å²) in [6.07, 6.45) is 3.96. The first-order valence-electron chi connectivity index (χ1n) is 6.32. The van der Waals surface area contributed by atoms with Gasteiger partial charge in [-0.05, 0) is 20.3 Å². The Morgan fingerprint density at radius 1 is 1.47 bits per heavy atom. The van der Waals surface area contributed by atoms with Crippen LogP contribution in [0.15, 0.2) is 25.3 Å². The molecule has 2 rings (SSSR count). The van der Waals surface area contributed by atoms with Gasteiger partial charge >= 0.3 is 5.97 Å². The molecule has 104 valence electrons. The number of carbonyl (C=O) groups is 2. The number of rotatable bonds is 5. The molecule has 0 bridgehead atoms. The fourth-order valence-corrected chi connectivity index (χ4v) is 4.38. The Balaban J connectivity index is 2.16. The topological polar surface area (TPSA) is 46.6 Å². The van der Waals surface area contributed by atoms with Crippen molar-refractivity contribution in [2.75, 3.05) is 6.61 Å². The van der Waals surface area contributed by atoms with Gasteiger partial charge in [0, 0.05) is 4.75 Å². The summed E-state index contributed by atoms with van der Waals surface area (Å²) in [7, 11) is 0. The zero-order valence-electron chi connectivity index (χ0n) is 11.3. The maximum absolute atomic E-state index is 12.1. The van der Waals surface area contributed by atoms with E-state index in [2.05, 4.69) is 13.2 Å². The van der Waals surface area contributed by atoms with Crippen LogP contribution in [-0.2, 0) is 14.3 Å². The summed E-state index contributed by atoms with van der Waals surface area (Å²) < 4.78 is 4.80. The lowest BCUT2D eigenvalue weighted by Crippen LogP contribution is -2.62. The van der Waals surface area contributed by atoms with E-state index in [1.54, 1.807) is 22.7 Å². The fraction of sp³-hybridized carbons (Fsp3) is 0.571. The first-order valence-corrected chi connectivity index (χ1v) is 7.20. The normalized spacial score (nSPS) is 31.4. The van der Waals surface area contributed by atoms with Gasteiger partial charge in [0.15, 0.2) is 0 Å². The first-order chi connectivity index (χ1) is 8.94. The molecule has 2 aliphatic heterocycles. The summed E-state index contributed by atoms with van der Waals surface area (Å²) in [5, 5.41) is 0.0711. The molecular weight excluding hydrogens is 262 g/mol. The Hall–Kier alpha value is -1.23. The molecule has 0 radical (unpaired) electrons. The molecule has 0 aliphatic carbocycles. The van der Waals surface area contributed by atoms with Crippen molar-refractivity contribution in [2.24, 2.45) is 5.92 Å². The highest BCUT2D eigenvalue weighted by molar-refractivity contribution is 8.01. The van der Waals surface area contributed by atoms with Gasteiger partial charge in [0.25, 0.3) is 0 Å². The van der Waals surface area contributed by atoms with Crippen molar-refractivity contribution >= 4 is 23.6 Å². The summed E-state index contributed by atoms with van der Waals surface area (Å²) in [6, 6.07) is -0.504. The molecule has 5 heteroatoms. The van der Waals surface area contributed by atoms with E-state index in [9.17, 15) is 9.59 Å². The lowest BCUT2D eigenvalue weighted by molar-refractivity contribution is -0.165. The van der Waals surface area contributed by atoms with Crippen molar-refractivity contribution in [1.82, 2.24) is 4.90 Å². The number of thioether (sulfide) groups is 1. The first kappa shape index (κ1) is 14.2. The van der Waals surface area contributed by atoms with Gasteiger partial charge < -0.3 is 9.64 Å². The van der Waals surface area contributed by atoms with Crippen LogP contribution in [0.5, 0.6) is 0 Å². The largest absolute Gasteiger partial charge is 0.460 e. The summed E-state index contributed by atoms with van der Waals surface area (Å²) in [6.45, 7) is 11.3. The molecule has 0 unspecified atom stereocenters. The number of hydrogen-bond acceptors (Lipinski definition) is 4. The van der Waals surface area contributed by atoms with Crippen LogP contribution in [0.1, 0.15) is 20.3 Å². The van der Waals surface area contributed by atoms with Crippen LogP contribution in [0.25, 0.3) is 0 Å². The molecule has 0 aromatic heterocycles. The van der Waals surface area contributed by atoms with Crippen LogP contribution in [0.4, 0.5) is 0 Å². The zero-order valence-corrected chi connectivity index (χ0v) is 12.1. The van der Waals surface area contributed by atoms with E-state index >= 15 is 0 Å². The fourth-order valence-electron chi connectivity index (χ4n) is 2.69. The van der Waals surface area contributed by atoms with E-state index in [1.165, 1.54) is 6.08 Å². The standard InChI is InChI=1S/C14H19NO3S/c1-5-7-9-11(16)15-10(13(17)18-8-6-2)14(3,4)19-12(9)15/h5-6,9-10,12H,1-2,7-8H2,3-4H3/t9-,10+,12-/m1/s1. The van der Waals surface area contributed by atoms with Gasteiger partial charge in [-0.1, -0.05) is 18.7 Å². The highest BCUT2D eigenvalue weighted by atomic mass is 32.2. The highest BCUT2D eigenvalue weighted by Crippen LogP contribution is 2.54. The number of esters is 1. The molecule has 2 saturated heterocycles. The minimum absolute atomic E-state index is 0.0310. The van der Waals surface area contributed by atoms with E-state index < -0.39 is 6.04 Å². The summed E-state index contributed by atoms with van der Waals surface area (Å²) in [5.74, 6) is -0.354. The third-order valence-electron chi connectivity index (χ3n) is 3.54. The minimum atomic E-state index is -0.504. The van der Waals surface area contributed by atoms with Gasteiger partial charge in [-0.2, -0.15) is 0 Å².